The summed E-state index contributed by atoms with van der Waals surface area (Å²) in [5, 5.41) is 29.0. The van der Waals surface area contributed by atoms with Gasteiger partial charge >= 0.3 is 30.3 Å². The van der Waals surface area contributed by atoms with Crippen LogP contribution in [0.1, 0.15) is 42.5 Å². The zero-order valence-electron chi connectivity index (χ0n) is 25.2. The Morgan fingerprint density at radius 2 is 1.42 bits per heavy atom. The molecule has 14 nitrogen and oxygen atoms in total. The van der Waals surface area contributed by atoms with Crippen molar-refractivity contribution in [1.82, 2.24) is 15.1 Å². The molecule has 0 unspecified atom stereocenters. The lowest BCUT2D eigenvalue weighted by molar-refractivity contribution is -0.193. The van der Waals surface area contributed by atoms with E-state index in [2.05, 4.69) is 15.5 Å². The number of amides is 3. The number of piperazine rings is 1. The quantitative estimate of drug-likeness (QED) is 0.235. The molecule has 2 atom stereocenters. The number of hydrogen-bond donors (Lipinski definition) is 6. The number of hydrogen-bond acceptors (Lipinski definition) is 8. The number of benzene rings is 1. The number of aliphatic carboxylic acids is 2. The predicted octanol–water partition coefficient (Wildman–Crippen LogP) is 1.76. The molecule has 2 aliphatic heterocycles. The Morgan fingerprint density at radius 1 is 0.896 bits per heavy atom. The Hall–Kier alpha value is -4.46. The van der Waals surface area contributed by atoms with Gasteiger partial charge < -0.3 is 36.6 Å². The maximum absolute atomic E-state index is 13.5. The van der Waals surface area contributed by atoms with Crippen LogP contribution in [0, 0.1) is 11.8 Å². The largest absolute Gasteiger partial charge is 0.490 e. The number of nitrogens with one attached hydrogen (secondary N) is 2. The van der Waals surface area contributed by atoms with Gasteiger partial charge in [0.15, 0.2) is 0 Å². The van der Waals surface area contributed by atoms with Crippen LogP contribution in [0.3, 0.4) is 0 Å². The van der Waals surface area contributed by atoms with Crippen molar-refractivity contribution in [2.45, 2.75) is 56.5 Å². The maximum atomic E-state index is 13.5. The van der Waals surface area contributed by atoms with Crippen molar-refractivity contribution in [3.05, 3.63) is 29.8 Å². The molecule has 1 saturated carbocycles. The van der Waals surface area contributed by atoms with Gasteiger partial charge in [0.25, 0.3) is 0 Å². The number of anilines is 1. The lowest BCUT2D eigenvalue weighted by Gasteiger charge is -2.33. The fourth-order valence-electron chi connectivity index (χ4n) is 5.34. The van der Waals surface area contributed by atoms with Crippen LogP contribution in [0.15, 0.2) is 24.3 Å². The molecule has 20 heteroatoms. The third kappa shape index (κ3) is 12.0. The average molecular weight is 700 g/mol. The van der Waals surface area contributed by atoms with Gasteiger partial charge in [-0.25, -0.2) is 14.4 Å². The fraction of sp³-hybridized carbons (Fsp3) is 0.571. The lowest BCUT2D eigenvalue weighted by Crippen LogP contribution is -2.52. The Balaban J connectivity index is 0.000000479. The molecule has 1 aromatic carbocycles. The standard InChI is InChI=1S/C24H33N5O5.2C2HF3O2/c25-12-15-1-3-16(4-2-15)23(32)29-13-19(28-10-9-26-21(30)14-28)11-20(29)22(31)27-18-7-5-17(6-8-18)24(33)34;2*3-2(4,5)1(6)7/h5-8,15-16,19-20H,1-4,9-14,25H2,(H,26,30)(H,27,31)(H,33,34);2*(H,6,7)/t15-,16-,19-,20-;;/m0../s1. The minimum atomic E-state index is -5.08. The second-order valence-corrected chi connectivity index (χ2v) is 11.1. The number of nitrogens with zero attached hydrogens (tertiary/aromatic N) is 2. The molecule has 268 valence electrons. The number of nitrogens with two attached hydrogens (primary N) is 1. The first-order valence-electron chi connectivity index (χ1n) is 14.5. The van der Waals surface area contributed by atoms with Gasteiger partial charge in [-0.15, -0.1) is 0 Å². The summed E-state index contributed by atoms with van der Waals surface area (Å²) in [6, 6.07) is 5.24. The molecule has 2 saturated heterocycles. The highest BCUT2D eigenvalue weighted by Crippen LogP contribution is 2.33. The number of aromatic carboxylic acids is 1. The number of halogens is 6. The van der Waals surface area contributed by atoms with Crippen molar-refractivity contribution in [1.29, 1.82) is 0 Å². The van der Waals surface area contributed by atoms with Crippen molar-refractivity contribution in [2.24, 2.45) is 17.6 Å². The van der Waals surface area contributed by atoms with Crippen LogP contribution in [-0.2, 0) is 24.0 Å². The number of carboxylic acids is 3. The van der Waals surface area contributed by atoms with Crippen LogP contribution >= 0.6 is 0 Å². The number of rotatable bonds is 6. The molecule has 3 fully saturated rings. The number of carboxylic acid groups (broad SMARTS) is 3. The normalized spacial score (nSPS) is 23.0. The molecule has 1 aromatic rings. The van der Waals surface area contributed by atoms with Crippen LogP contribution in [-0.4, -0.2) is 118 Å². The zero-order valence-corrected chi connectivity index (χ0v) is 25.2. The first-order valence-corrected chi connectivity index (χ1v) is 14.5. The molecule has 7 N–H and O–H groups in total. The van der Waals surface area contributed by atoms with Gasteiger partial charge in [0, 0.05) is 37.3 Å². The van der Waals surface area contributed by atoms with E-state index in [1.807, 2.05) is 0 Å². The molecule has 3 aliphatic rings. The average Bonchev–Trinajstić information content (AvgIpc) is 3.47. The molecular weight excluding hydrogens is 664 g/mol. The SMILES string of the molecule is NC[C@H]1CC[C@H](C(=O)N2C[C@@H](N3CCNC(=O)C3)C[C@H]2C(=O)Nc2ccc(C(=O)O)cc2)CC1.O=C(O)C(F)(F)F.O=C(O)C(F)(F)F. The molecule has 0 bridgehead atoms. The summed E-state index contributed by atoms with van der Waals surface area (Å²) in [6.45, 7) is 2.55. The zero-order chi connectivity index (χ0) is 36.4. The van der Waals surface area contributed by atoms with E-state index in [0.717, 1.165) is 25.7 Å². The van der Waals surface area contributed by atoms with Crippen molar-refractivity contribution in [3.8, 4) is 0 Å². The van der Waals surface area contributed by atoms with Gasteiger partial charge in [0.2, 0.25) is 17.7 Å². The lowest BCUT2D eigenvalue weighted by atomic mass is 9.81. The van der Waals surface area contributed by atoms with Crippen molar-refractivity contribution < 1.29 is 70.4 Å². The summed E-state index contributed by atoms with van der Waals surface area (Å²) < 4.78 is 63.5. The molecule has 0 aromatic heterocycles. The van der Waals surface area contributed by atoms with E-state index in [0.29, 0.717) is 44.2 Å². The van der Waals surface area contributed by atoms with E-state index in [4.69, 9.17) is 30.6 Å². The molecular formula is C28H35F6N5O9. The van der Waals surface area contributed by atoms with Gasteiger partial charge in [0.1, 0.15) is 6.04 Å². The van der Waals surface area contributed by atoms with Crippen LogP contribution in [0.4, 0.5) is 32.0 Å². The minimum absolute atomic E-state index is 0.000748. The summed E-state index contributed by atoms with van der Waals surface area (Å²) >= 11 is 0. The summed E-state index contributed by atoms with van der Waals surface area (Å²) in [4.78, 5) is 71.4. The first-order chi connectivity index (χ1) is 22.2. The molecule has 4 rings (SSSR count). The van der Waals surface area contributed by atoms with Crippen molar-refractivity contribution in [2.75, 3.05) is 38.0 Å². The second kappa shape index (κ2) is 17.1. The van der Waals surface area contributed by atoms with Crippen LogP contribution < -0.4 is 16.4 Å². The fourth-order valence-corrected chi connectivity index (χ4v) is 5.34. The highest BCUT2D eigenvalue weighted by atomic mass is 19.4. The van der Waals surface area contributed by atoms with E-state index in [9.17, 15) is 45.5 Å². The van der Waals surface area contributed by atoms with Gasteiger partial charge in [-0.2, -0.15) is 26.3 Å². The summed E-state index contributed by atoms with van der Waals surface area (Å²) in [5.41, 5.74) is 6.41. The molecule has 0 spiro atoms. The summed E-state index contributed by atoms with van der Waals surface area (Å²) in [7, 11) is 0. The number of carbonyl (C=O) groups excluding carboxylic acids is 3. The topological polar surface area (TPSA) is 220 Å². The number of alkyl halides is 6. The third-order valence-corrected chi connectivity index (χ3v) is 7.86. The Morgan fingerprint density at radius 3 is 1.85 bits per heavy atom. The Bertz CT molecular complexity index is 1290. The second-order valence-electron chi connectivity index (χ2n) is 11.1. The maximum Gasteiger partial charge on any atom is 0.490 e. The van der Waals surface area contributed by atoms with Crippen LogP contribution in [0.5, 0.6) is 0 Å². The van der Waals surface area contributed by atoms with Crippen LogP contribution in [0.25, 0.3) is 0 Å². The van der Waals surface area contributed by atoms with E-state index < -0.39 is 36.3 Å². The third-order valence-electron chi connectivity index (χ3n) is 7.86. The van der Waals surface area contributed by atoms with Gasteiger partial charge in [-0.1, -0.05) is 0 Å². The minimum Gasteiger partial charge on any atom is -0.478 e. The Kier molecular flexibility index (Phi) is 14.1. The van der Waals surface area contributed by atoms with Crippen molar-refractivity contribution >= 4 is 41.3 Å². The molecule has 2 heterocycles. The highest BCUT2D eigenvalue weighted by molar-refractivity contribution is 5.98. The molecule has 3 amide bonds. The number of carbonyl (C=O) groups is 6. The highest BCUT2D eigenvalue weighted by Gasteiger charge is 2.44. The first kappa shape index (κ1) is 39.7. The molecule has 1 aliphatic carbocycles. The number of likely N-dealkylation sites (tertiary alicyclic amines) is 1. The monoisotopic (exact) mass is 699 g/mol. The van der Waals surface area contributed by atoms with Gasteiger partial charge in [-0.3, -0.25) is 19.3 Å². The molecule has 0 radical (unpaired) electrons. The van der Waals surface area contributed by atoms with Gasteiger partial charge in [0.05, 0.1) is 12.1 Å². The van der Waals surface area contributed by atoms with E-state index in [1.54, 1.807) is 17.0 Å². The predicted molar refractivity (Wildman–Crippen MR) is 152 cm³/mol. The summed E-state index contributed by atoms with van der Waals surface area (Å²) in [6.07, 6.45) is -6.32. The van der Waals surface area contributed by atoms with E-state index >= 15 is 0 Å². The van der Waals surface area contributed by atoms with Crippen molar-refractivity contribution in [3.63, 3.8) is 0 Å². The Labute approximate surface area is 269 Å². The van der Waals surface area contributed by atoms with Crippen LogP contribution in [0.2, 0.25) is 0 Å². The summed E-state index contributed by atoms with van der Waals surface area (Å²) in [5.74, 6) is -6.55. The molecule has 48 heavy (non-hydrogen) atoms. The van der Waals surface area contributed by atoms with Gasteiger partial charge in [-0.05, 0) is 68.8 Å². The van der Waals surface area contributed by atoms with E-state index in [-0.39, 0.29) is 41.8 Å². The smallest absolute Gasteiger partial charge is 0.478 e. The van der Waals surface area contributed by atoms with E-state index in [1.165, 1.54) is 12.1 Å².